The zero-order chi connectivity index (χ0) is 13.1. The lowest BCUT2D eigenvalue weighted by Crippen LogP contribution is -2.21. The molecule has 96 valence electrons. The maximum Gasteiger partial charge on any atom is 0.0348 e. The van der Waals surface area contributed by atoms with E-state index in [1.165, 1.54) is 26.4 Å². The van der Waals surface area contributed by atoms with Gasteiger partial charge in [0.15, 0.2) is 0 Å². The van der Waals surface area contributed by atoms with Crippen LogP contribution in [0.25, 0.3) is 10.4 Å². The number of aryl methyl sites for hydroxylation is 2. The Kier molecular flexibility index (Phi) is 4.20. The molecule has 0 saturated heterocycles. The second kappa shape index (κ2) is 5.68. The van der Waals surface area contributed by atoms with Crippen LogP contribution in [0.4, 0.5) is 0 Å². The minimum absolute atomic E-state index is 0.539. The third-order valence-electron chi connectivity index (χ3n) is 2.99. The second-order valence-electron chi connectivity index (χ2n) is 5.12. The Bertz CT molecular complexity index is 526. The highest BCUT2D eigenvalue weighted by molar-refractivity contribution is 7.15. The number of hydrogen-bond acceptors (Lipinski definition) is 2. The second-order valence-corrected chi connectivity index (χ2v) is 6.29. The third kappa shape index (κ3) is 3.21. The first-order valence-corrected chi connectivity index (χ1v) is 7.27. The molecule has 0 aliphatic carbocycles. The summed E-state index contributed by atoms with van der Waals surface area (Å²) >= 11 is 1.89. The quantitative estimate of drug-likeness (QED) is 0.850. The van der Waals surface area contributed by atoms with Crippen molar-refractivity contribution >= 4 is 11.3 Å². The van der Waals surface area contributed by atoms with Crippen LogP contribution in [0.1, 0.15) is 29.9 Å². The van der Waals surface area contributed by atoms with Crippen LogP contribution < -0.4 is 5.32 Å². The molecule has 0 fully saturated rings. The summed E-state index contributed by atoms with van der Waals surface area (Å²) in [6, 6.07) is 11.7. The Morgan fingerprint density at radius 3 is 2.56 bits per heavy atom. The average molecular weight is 259 g/mol. The van der Waals surface area contributed by atoms with Gasteiger partial charge in [-0.3, -0.25) is 0 Å². The van der Waals surface area contributed by atoms with Gasteiger partial charge in [0.1, 0.15) is 0 Å². The first kappa shape index (κ1) is 13.3. The van der Waals surface area contributed by atoms with E-state index in [-0.39, 0.29) is 0 Å². The molecule has 0 saturated carbocycles. The fraction of sp³-hybridized carbons (Fsp3) is 0.375. The van der Waals surface area contributed by atoms with E-state index in [2.05, 4.69) is 63.3 Å². The van der Waals surface area contributed by atoms with E-state index < -0.39 is 0 Å². The van der Waals surface area contributed by atoms with Gasteiger partial charge in [0.25, 0.3) is 0 Å². The minimum Gasteiger partial charge on any atom is -0.310 e. The van der Waals surface area contributed by atoms with Crippen LogP contribution >= 0.6 is 11.3 Å². The SMILES string of the molecule is Cc1ccc(-c2ccc(CNC(C)C)s2)c(C)c1. The van der Waals surface area contributed by atoms with E-state index in [1.54, 1.807) is 0 Å². The molecule has 1 N–H and O–H groups in total. The summed E-state index contributed by atoms with van der Waals surface area (Å²) in [6.07, 6.45) is 0. The minimum atomic E-state index is 0.539. The number of rotatable bonds is 4. The van der Waals surface area contributed by atoms with E-state index in [0.29, 0.717) is 6.04 Å². The number of hydrogen-bond donors (Lipinski definition) is 1. The molecule has 0 spiro atoms. The van der Waals surface area contributed by atoms with Crippen LogP contribution in [0, 0.1) is 13.8 Å². The van der Waals surface area contributed by atoms with Gasteiger partial charge in [-0.05, 0) is 37.1 Å². The Balaban J connectivity index is 2.18. The molecule has 2 aromatic rings. The standard InChI is InChI=1S/C16H21NS/c1-11(2)17-10-14-6-8-16(18-14)15-7-5-12(3)9-13(15)4/h5-9,11,17H,10H2,1-4H3. The van der Waals surface area contributed by atoms with Crippen molar-refractivity contribution in [1.29, 1.82) is 0 Å². The van der Waals surface area contributed by atoms with Crippen molar-refractivity contribution in [2.75, 3.05) is 0 Å². The molecule has 0 amide bonds. The molecule has 1 heterocycles. The zero-order valence-corrected chi connectivity index (χ0v) is 12.4. The lowest BCUT2D eigenvalue weighted by molar-refractivity contribution is 0.593. The van der Waals surface area contributed by atoms with Crippen molar-refractivity contribution in [1.82, 2.24) is 5.32 Å². The topological polar surface area (TPSA) is 12.0 Å². The lowest BCUT2D eigenvalue weighted by atomic mass is 10.0. The van der Waals surface area contributed by atoms with Gasteiger partial charge in [0.2, 0.25) is 0 Å². The van der Waals surface area contributed by atoms with Gasteiger partial charge in [-0.25, -0.2) is 0 Å². The molecule has 0 unspecified atom stereocenters. The summed E-state index contributed by atoms with van der Waals surface area (Å²) in [5.74, 6) is 0. The number of benzene rings is 1. The maximum atomic E-state index is 3.46. The Labute approximate surface area is 114 Å². The van der Waals surface area contributed by atoms with Crippen LogP contribution in [0.3, 0.4) is 0 Å². The van der Waals surface area contributed by atoms with Crippen molar-refractivity contribution < 1.29 is 0 Å². The normalized spacial score (nSPS) is 11.2. The smallest absolute Gasteiger partial charge is 0.0348 e. The maximum absolute atomic E-state index is 3.46. The van der Waals surface area contributed by atoms with E-state index >= 15 is 0 Å². The molecule has 0 aliphatic heterocycles. The van der Waals surface area contributed by atoms with E-state index in [9.17, 15) is 0 Å². The van der Waals surface area contributed by atoms with Gasteiger partial charge < -0.3 is 5.32 Å². The fourth-order valence-corrected chi connectivity index (χ4v) is 3.06. The molecule has 1 nitrogen and oxygen atoms in total. The summed E-state index contributed by atoms with van der Waals surface area (Å²) in [7, 11) is 0. The average Bonchev–Trinajstić information content (AvgIpc) is 2.75. The Morgan fingerprint density at radius 1 is 1.11 bits per heavy atom. The number of thiophene rings is 1. The highest BCUT2D eigenvalue weighted by Crippen LogP contribution is 2.30. The molecule has 0 atom stereocenters. The highest BCUT2D eigenvalue weighted by atomic mass is 32.1. The predicted molar refractivity (Wildman–Crippen MR) is 81.2 cm³/mol. The van der Waals surface area contributed by atoms with E-state index in [0.717, 1.165) is 6.54 Å². The molecule has 2 heteroatoms. The first-order chi connectivity index (χ1) is 8.56. The lowest BCUT2D eigenvalue weighted by Gasteiger charge is -2.06. The van der Waals surface area contributed by atoms with Gasteiger partial charge >= 0.3 is 0 Å². The van der Waals surface area contributed by atoms with Crippen molar-refractivity contribution in [3.05, 3.63) is 46.3 Å². The molecule has 18 heavy (non-hydrogen) atoms. The van der Waals surface area contributed by atoms with Crippen molar-refractivity contribution in [3.8, 4) is 10.4 Å². The molecule has 2 rings (SSSR count). The zero-order valence-electron chi connectivity index (χ0n) is 11.6. The van der Waals surface area contributed by atoms with Crippen molar-refractivity contribution in [2.45, 2.75) is 40.3 Å². The van der Waals surface area contributed by atoms with Crippen LogP contribution in [0.2, 0.25) is 0 Å². The fourth-order valence-electron chi connectivity index (χ4n) is 2.01. The van der Waals surface area contributed by atoms with Gasteiger partial charge in [-0.1, -0.05) is 37.6 Å². The van der Waals surface area contributed by atoms with Gasteiger partial charge in [0.05, 0.1) is 0 Å². The summed E-state index contributed by atoms with van der Waals surface area (Å²) in [6.45, 7) is 9.65. The van der Waals surface area contributed by atoms with Crippen LogP contribution in [0.15, 0.2) is 30.3 Å². The third-order valence-corrected chi connectivity index (χ3v) is 4.11. The van der Waals surface area contributed by atoms with E-state index in [1.807, 2.05) is 11.3 Å². The van der Waals surface area contributed by atoms with E-state index in [4.69, 9.17) is 0 Å². The molecular weight excluding hydrogens is 238 g/mol. The molecule has 1 aromatic heterocycles. The van der Waals surface area contributed by atoms with Gasteiger partial charge in [-0.15, -0.1) is 11.3 Å². The van der Waals surface area contributed by atoms with Crippen LogP contribution in [-0.2, 0) is 6.54 Å². The van der Waals surface area contributed by atoms with Crippen LogP contribution in [-0.4, -0.2) is 6.04 Å². The van der Waals surface area contributed by atoms with Gasteiger partial charge in [0, 0.05) is 22.3 Å². The number of nitrogens with one attached hydrogen (secondary N) is 1. The molecule has 1 aromatic carbocycles. The summed E-state index contributed by atoms with van der Waals surface area (Å²) in [5, 5.41) is 3.46. The highest BCUT2D eigenvalue weighted by Gasteiger charge is 2.06. The predicted octanol–water partition coefficient (Wildman–Crippen LogP) is 4.53. The molecular formula is C16H21NS. The summed E-state index contributed by atoms with van der Waals surface area (Å²) in [4.78, 5) is 2.77. The Morgan fingerprint density at radius 2 is 1.89 bits per heavy atom. The van der Waals surface area contributed by atoms with Crippen LogP contribution in [0.5, 0.6) is 0 Å². The molecule has 0 bridgehead atoms. The Hall–Kier alpha value is -1.12. The summed E-state index contributed by atoms with van der Waals surface area (Å²) in [5.41, 5.74) is 4.05. The molecule has 0 aliphatic rings. The largest absolute Gasteiger partial charge is 0.310 e. The first-order valence-electron chi connectivity index (χ1n) is 6.46. The van der Waals surface area contributed by atoms with Gasteiger partial charge in [-0.2, -0.15) is 0 Å². The monoisotopic (exact) mass is 259 g/mol. The van der Waals surface area contributed by atoms with Crippen molar-refractivity contribution in [3.63, 3.8) is 0 Å². The molecule has 0 radical (unpaired) electrons. The van der Waals surface area contributed by atoms with Crippen molar-refractivity contribution in [2.24, 2.45) is 0 Å². The summed E-state index contributed by atoms with van der Waals surface area (Å²) < 4.78 is 0.